The Balaban J connectivity index is 2.00. The molecule has 1 aromatic carbocycles. The molecule has 1 amide bonds. The molecule has 1 fully saturated rings. The first-order valence-electron chi connectivity index (χ1n) is 7.94. The number of nitrogens with zero attached hydrogens (tertiary/aromatic N) is 2. The Labute approximate surface area is 148 Å². The Morgan fingerprint density at radius 2 is 2.04 bits per heavy atom. The number of aromatic nitrogens is 1. The molecule has 0 aliphatic carbocycles. The van der Waals surface area contributed by atoms with Crippen LogP contribution in [-0.4, -0.2) is 40.0 Å². The van der Waals surface area contributed by atoms with Gasteiger partial charge in [-0.1, -0.05) is 28.9 Å². The van der Waals surface area contributed by atoms with E-state index >= 15 is 0 Å². The standard InChI is InChI=1S/C18H19BrN2O3/c1-10-5-12(18(23)24)9-21(8-10)17(22)15-6-11(2)20-16-7-13(19)3-4-14(15)16/h3-4,6-7,10,12H,5,8-9H2,1-2H3,(H,23,24). The van der Waals surface area contributed by atoms with Crippen molar-refractivity contribution >= 4 is 38.7 Å². The van der Waals surface area contributed by atoms with Crippen molar-refractivity contribution in [2.24, 2.45) is 11.8 Å². The Kier molecular flexibility index (Phi) is 4.58. The second kappa shape index (κ2) is 6.51. The van der Waals surface area contributed by atoms with Crippen LogP contribution in [0.3, 0.4) is 0 Å². The van der Waals surface area contributed by atoms with Crippen molar-refractivity contribution in [3.63, 3.8) is 0 Å². The summed E-state index contributed by atoms with van der Waals surface area (Å²) in [5, 5.41) is 10.1. The highest BCUT2D eigenvalue weighted by Gasteiger charge is 2.32. The number of rotatable bonds is 2. The molecule has 0 saturated carbocycles. The molecule has 24 heavy (non-hydrogen) atoms. The van der Waals surface area contributed by atoms with E-state index in [1.54, 1.807) is 11.0 Å². The van der Waals surface area contributed by atoms with Crippen LogP contribution in [0, 0.1) is 18.8 Å². The Morgan fingerprint density at radius 1 is 1.29 bits per heavy atom. The lowest BCUT2D eigenvalue weighted by Crippen LogP contribution is -2.45. The summed E-state index contributed by atoms with van der Waals surface area (Å²) in [4.78, 5) is 30.6. The fourth-order valence-electron chi connectivity index (χ4n) is 3.38. The van der Waals surface area contributed by atoms with Gasteiger partial charge in [0.15, 0.2) is 0 Å². The molecule has 1 saturated heterocycles. The van der Waals surface area contributed by atoms with Crippen LogP contribution in [0.15, 0.2) is 28.7 Å². The first kappa shape index (κ1) is 16.9. The highest BCUT2D eigenvalue weighted by molar-refractivity contribution is 9.10. The summed E-state index contributed by atoms with van der Waals surface area (Å²) < 4.78 is 0.907. The highest BCUT2D eigenvalue weighted by Crippen LogP contribution is 2.27. The minimum atomic E-state index is -0.834. The number of fused-ring (bicyclic) bond motifs is 1. The molecule has 1 aliphatic heterocycles. The molecule has 6 heteroatoms. The number of carboxylic acid groups (broad SMARTS) is 1. The fraction of sp³-hybridized carbons (Fsp3) is 0.389. The normalized spacial score (nSPS) is 21.0. The second-order valence-electron chi connectivity index (χ2n) is 6.56. The molecule has 126 valence electrons. The molecule has 5 nitrogen and oxygen atoms in total. The van der Waals surface area contributed by atoms with Crippen molar-refractivity contribution in [2.75, 3.05) is 13.1 Å². The lowest BCUT2D eigenvalue weighted by molar-refractivity contribution is -0.143. The number of carbonyl (C=O) groups is 2. The van der Waals surface area contributed by atoms with Gasteiger partial charge >= 0.3 is 5.97 Å². The van der Waals surface area contributed by atoms with Crippen molar-refractivity contribution in [1.29, 1.82) is 0 Å². The van der Waals surface area contributed by atoms with Gasteiger partial charge in [-0.15, -0.1) is 0 Å². The number of piperidine rings is 1. The highest BCUT2D eigenvalue weighted by atomic mass is 79.9. The number of pyridine rings is 1. The van der Waals surface area contributed by atoms with E-state index < -0.39 is 11.9 Å². The number of likely N-dealkylation sites (tertiary alicyclic amines) is 1. The molecule has 1 N–H and O–H groups in total. The van der Waals surface area contributed by atoms with E-state index in [-0.39, 0.29) is 18.4 Å². The van der Waals surface area contributed by atoms with E-state index in [0.717, 1.165) is 21.1 Å². The van der Waals surface area contributed by atoms with Crippen LogP contribution in [0.4, 0.5) is 0 Å². The number of aryl methyl sites for hydroxylation is 1. The van der Waals surface area contributed by atoms with Crippen LogP contribution in [0.5, 0.6) is 0 Å². The fourth-order valence-corrected chi connectivity index (χ4v) is 3.73. The summed E-state index contributed by atoms with van der Waals surface area (Å²) >= 11 is 3.43. The van der Waals surface area contributed by atoms with Gasteiger partial charge < -0.3 is 10.0 Å². The molecule has 2 atom stereocenters. The number of halogens is 1. The number of hydrogen-bond donors (Lipinski definition) is 1. The molecule has 1 aromatic heterocycles. The largest absolute Gasteiger partial charge is 0.481 e. The number of benzene rings is 1. The predicted molar refractivity (Wildman–Crippen MR) is 95.0 cm³/mol. The van der Waals surface area contributed by atoms with Gasteiger partial charge in [-0.3, -0.25) is 14.6 Å². The van der Waals surface area contributed by atoms with Crippen molar-refractivity contribution < 1.29 is 14.7 Å². The van der Waals surface area contributed by atoms with Gasteiger partial charge in [0.2, 0.25) is 0 Å². The second-order valence-corrected chi connectivity index (χ2v) is 7.47. The minimum absolute atomic E-state index is 0.120. The minimum Gasteiger partial charge on any atom is -0.481 e. The first-order valence-corrected chi connectivity index (χ1v) is 8.73. The SMILES string of the molecule is Cc1cc(C(=O)N2CC(C)CC(C(=O)O)C2)c2ccc(Br)cc2n1. The number of carbonyl (C=O) groups excluding carboxylic acids is 1. The summed E-state index contributed by atoms with van der Waals surface area (Å²) in [5.41, 5.74) is 2.11. The number of carboxylic acids is 1. The topological polar surface area (TPSA) is 70.5 Å². The van der Waals surface area contributed by atoms with Crippen molar-refractivity contribution in [1.82, 2.24) is 9.88 Å². The Bertz CT molecular complexity index is 816. The molecule has 2 heterocycles. The zero-order chi connectivity index (χ0) is 17.4. The van der Waals surface area contributed by atoms with Crippen LogP contribution >= 0.6 is 15.9 Å². The van der Waals surface area contributed by atoms with Crippen molar-refractivity contribution in [3.05, 3.63) is 40.0 Å². The van der Waals surface area contributed by atoms with E-state index in [9.17, 15) is 14.7 Å². The third kappa shape index (κ3) is 3.29. The number of amides is 1. The summed E-state index contributed by atoms with van der Waals surface area (Å²) in [7, 11) is 0. The van der Waals surface area contributed by atoms with E-state index in [2.05, 4.69) is 20.9 Å². The third-order valence-corrected chi connectivity index (χ3v) is 4.92. The average Bonchev–Trinajstić information content (AvgIpc) is 2.52. The van der Waals surface area contributed by atoms with Gasteiger partial charge in [0.05, 0.1) is 17.0 Å². The van der Waals surface area contributed by atoms with Crippen LogP contribution in [0.25, 0.3) is 10.9 Å². The van der Waals surface area contributed by atoms with E-state index in [4.69, 9.17) is 0 Å². The summed E-state index contributed by atoms with van der Waals surface area (Å²) in [6.45, 7) is 4.69. The van der Waals surface area contributed by atoms with E-state index in [0.29, 0.717) is 18.5 Å². The van der Waals surface area contributed by atoms with E-state index in [1.165, 1.54) is 0 Å². The molecule has 1 aliphatic rings. The van der Waals surface area contributed by atoms with Gasteiger partial charge in [-0.25, -0.2) is 0 Å². The quantitative estimate of drug-likeness (QED) is 0.851. The monoisotopic (exact) mass is 390 g/mol. The van der Waals surface area contributed by atoms with E-state index in [1.807, 2.05) is 32.0 Å². The molecular weight excluding hydrogens is 372 g/mol. The van der Waals surface area contributed by atoms with Crippen molar-refractivity contribution in [2.45, 2.75) is 20.3 Å². The van der Waals surface area contributed by atoms with Gasteiger partial charge in [-0.05, 0) is 37.5 Å². The van der Waals surface area contributed by atoms with Crippen LogP contribution in [0.1, 0.15) is 29.4 Å². The summed E-state index contributed by atoms with van der Waals surface area (Å²) in [5.74, 6) is -1.28. The zero-order valence-electron chi connectivity index (χ0n) is 13.6. The summed E-state index contributed by atoms with van der Waals surface area (Å²) in [6, 6.07) is 7.43. The maximum atomic E-state index is 13.1. The molecule has 3 rings (SSSR count). The first-order chi connectivity index (χ1) is 11.3. The maximum absolute atomic E-state index is 13.1. The predicted octanol–water partition coefficient (Wildman–Crippen LogP) is 3.49. The molecular formula is C18H19BrN2O3. The van der Waals surface area contributed by atoms with Gasteiger partial charge in [0.1, 0.15) is 0 Å². The number of aliphatic carboxylic acids is 1. The lowest BCUT2D eigenvalue weighted by Gasteiger charge is -2.35. The molecule has 0 radical (unpaired) electrons. The molecule has 0 spiro atoms. The third-order valence-electron chi connectivity index (χ3n) is 4.43. The lowest BCUT2D eigenvalue weighted by atomic mass is 9.90. The molecule has 0 bridgehead atoms. The average molecular weight is 391 g/mol. The van der Waals surface area contributed by atoms with Gasteiger partial charge in [0, 0.05) is 28.6 Å². The maximum Gasteiger partial charge on any atom is 0.308 e. The van der Waals surface area contributed by atoms with Gasteiger partial charge in [0.25, 0.3) is 5.91 Å². The zero-order valence-corrected chi connectivity index (χ0v) is 15.2. The van der Waals surface area contributed by atoms with Crippen LogP contribution in [-0.2, 0) is 4.79 Å². The Morgan fingerprint density at radius 3 is 2.75 bits per heavy atom. The van der Waals surface area contributed by atoms with Crippen LogP contribution in [0.2, 0.25) is 0 Å². The van der Waals surface area contributed by atoms with Crippen molar-refractivity contribution in [3.8, 4) is 0 Å². The summed E-state index contributed by atoms with van der Waals surface area (Å²) in [6.07, 6.45) is 0.613. The molecule has 2 aromatic rings. The smallest absolute Gasteiger partial charge is 0.308 e. The number of hydrogen-bond acceptors (Lipinski definition) is 3. The molecule has 2 unspecified atom stereocenters. The van der Waals surface area contributed by atoms with Crippen LogP contribution < -0.4 is 0 Å². The Hall–Kier alpha value is -1.95. The van der Waals surface area contributed by atoms with Gasteiger partial charge in [-0.2, -0.15) is 0 Å².